The predicted molar refractivity (Wildman–Crippen MR) is 80.8 cm³/mol. The van der Waals surface area contributed by atoms with Crippen LogP contribution in [0.25, 0.3) is 0 Å². The second-order valence-electron chi connectivity index (χ2n) is 4.55. The summed E-state index contributed by atoms with van der Waals surface area (Å²) in [4.78, 5) is 0.763. The molecule has 0 bridgehead atoms. The lowest BCUT2D eigenvalue weighted by Gasteiger charge is -2.04. The van der Waals surface area contributed by atoms with Gasteiger partial charge in [-0.25, -0.2) is 8.42 Å². The van der Waals surface area contributed by atoms with Crippen LogP contribution in [0.1, 0.15) is 11.1 Å². The average Bonchev–Trinajstić information content (AvgIpc) is 2.46. The molecule has 2 aromatic carbocycles. The third-order valence-electron chi connectivity index (χ3n) is 2.87. The summed E-state index contributed by atoms with van der Waals surface area (Å²) >= 11 is 0. The minimum atomic E-state index is -3.25. The summed E-state index contributed by atoms with van der Waals surface area (Å²) in [5.41, 5.74) is 1.33. The maximum Gasteiger partial charge on any atom is 0.175 e. The fourth-order valence-corrected chi connectivity index (χ4v) is 3.52. The molecule has 0 spiro atoms. The van der Waals surface area contributed by atoms with Crippen molar-refractivity contribution in [3.05, 3.63) is 59.7 Å². The molecule has 0 aliphatic rings. The van der Waals surface area contributed by atoms with Crippen molar-refractivity contribution in [3.8, 4) is 6.07 Å². The molecule has 0 amide bonds. The summed E-state index contributed by atoms with van der Waals surface area (Å²) in [5.74, 6) is 0.285. The summed E-state index contributed by atoms with van der Waals surface area (Å²) in [6.45, 7) is 0. The van der Waals surface area contributed by atoms with Gasteiger partial charge in [0.25, 0.3) is 0 Å². The number of rotatable bonds is 4. The number of hydrogen-bond acceptors (Lipinski definition) is 4. The van der Waals surface area contributed by atoms with Gasteiger partial charge in [0.2, 0.25) is 0 Å². The van der Waals surface area contributed by atoms with Gasteiger partial charge in [0.1, 0.15) is 0 Å². The molecular formula is C15H13NO3S2. The van der Waals surface area contributed by atoms with E-state index in [-0.39, 0.29) is 10.6 Å². The fourth-order valence-electron chi connectivity index (χ4n) is 1.80. The van der Waals surface area contributed by atoms with Gasteiger partial charge >= 0.3 is 0 Å². The Morgan fingerprint density at radius 2 is 1.81 bits per heavy atom. The van der Waals surface area contributed by atoms with E-state index >= 15 is 0 Å². The van der Waals surface area contributed by atoms with Gasteiger partial charge in [-0.1, -0.05) is 12.1 Å². The number of hydrogen-bond donors (Lipinski definition) is 0. The van der Waals surface area contributed by atoms with E-state index in [1.807, 2.05) is 12.1 Å². The van der Waals surface area contributed by atoms with Gasteiger partial charge in [-0.2, -0.15) is 5.26 Å². The van der Waals surface area contributed by atoms with Crippen LogP contribution in [0.15, 0.2) is 58.3 Å². The van der Waals surface area contributed by atoms with Crippen LogP contribution in [0.2, 0.25) is 0 Å². The molecule has 0 fully saturated rings. The Balaban J connectivity index is 2.19. The van der Waals surface area contributed by atoms with Crippen LogP contribution in [-0.2, 0) is 26.4 Å². The second kappa shape index (κ2) is 6.20. The molecule has 0 N–H and O–H groups in total. The summed E-state index contributed by atoms with van der Waals surface area (Å²) in [6, 6.07) is 15.0. The second-order valence-corrected chi connectivity index (χ2v) is 8.01. The van der Waals surface area contributed by atoms with Crippen LogP contribution >= 0.6 is 0 Å². The van der Waals surface area contributed by atoms with Crippen molar-refractivity contribution in [2.45, 2.75) is 15.5 Å². The Morgan fingerprint density at radius 3 is 2.38 bits per heavy atom. The normalized spacial score (nSPS) is 12.6. The van der Waals surface area contributed by atoms with E-state index < -0.39 is 20.6 Å². The molecule has 2 rings (SSSR count). The Bertz CT molecular complexity index is 819. The first kappa shape index (κ1) is 15.4. The molecule has 0 aliphatic carbocycles. The van der Waals surface area contributed by atoms with Crippen molar-refractivity contribution < 1.29 is 12.6 Å². The van der Waals surface area contributed by atoms with Crippen molar-refractivity contribution >= 4 is 20.6 Å². The van der Waals surface area contributed by atoms with Crippen LogP contribution in [0.5, 0.6) is 0 Å². The third-order valence-corrected chi connectivity index (χ3v) is 5.39. The first-order valence-electron chi connectivity index (χ1n) is 6.08. The summed E-state index contributed by atoms with van der Waals surface area (Å²) in [7, 11) is -4.53. The molecule has 108 valence electrons. The lowest BCUT2D eigenvalue weighted by Crippen LogP contribution is -2.00. The molecule has 2 aromatic rings. The highest BCUT2D eigenvalue weighted by molar-refractivity contribution is 7.90. The van der Waals surface area contributed by atoms with Gasteiger partial charge in [0.15, 0.2) is 9.84 Å². The average molecular weight is 319 g/mol. The van der Waals surface area contributed by atoms with E-state index in [0.29, 0.717) is 10.5 Å². The largest absolute Gasteiger partial charge is 0.254 e. The lowest BCUT2D eigenvalue weighted by atomic mass is 10.2. The van der Waals surface area contributed by atoms with Gasteiger partial charge in [0.05, 0.1) is 33.1 Å². The standard InChI is InChI=1S/C15H13NO3S2/c1-21(18,19)15-7-5-14(6-8-15)20(17)11-13-4-2-3-12(9-13)10-16/h2-9H,11H2,1H3. The van der Waals surface area contributed by atoms with E-state index in [9.17, 15) is 12.6 Å². The van der Waals surface area contributed by atoms with Gasteiger partial charge in [-0.05, 0) is 42.0 Å². The fraction of sp³-hybridized carbons (Fsp3) is 0.133. The van der Waals surface area contributed by atoms with Crippen molar-refractivity contribution in [2.75, 3.05) is 6.26 Å². The zero-order valence-electron chi connectivity index (χ0n) is 11.3. The smallest absolute Gasteiger partial charge is 0.175 e. The Labute approximate surface area is 126 Å². The Kier molecular flexibility index (Phi) is 4.56. The zero-order chi connectivity index (χ0) is 15.5. The Hall–Kier alpha value is -1.97. The first-order valence-corrected chi connectivity index (χ1v) is 9.29. The molecule has 0 radical (unpaired) electrons. The highest BCUT2D eigenvalue weighted by Gasteiger charge is 2.10. The maximum atomic E-state index is 12.3. The molecular weight excluding hydrogens is 306 g/mol. The van der Waals surface area contributed by atoms with Gasteiger partial charge in [-0.15, -0.1) is 0 Å². The molecule has 0 aromatic heterocycles. The minimum Gasteiger partial charge on any atom is -0.254 e. The van der Waals surface area contributed by atoms with Crippen LogP contribution in [0, 0.1) is 11.3 Å². The quantitative estimate of drug-likeness (QED) is 0.866. The zero-order valence-corrected chi connectivity index (χ0v) is 12.9. The van der Waals surface area contributed by atoms with Crippen LogP contribution in [-0.4, -0.2) is 18.9 Å². The number of nitrogens with zero attached hydrogens (tertiary/aromatic N) is 1. The van der Waals surface area contributed by atoms with Crippen LogP contribution < -0.4 is 0 Å². The van der Waals surface area contributed by atoms with Crippen molar-refractivity contribution in [1.82, 2.24) is 0 Å². The third kappa shape index (κ3) is 4.00. The molecule has 1 atom stereocenters. The SMILES string of the molecule is CS(=O)(=O)c1ccc(S(=O)Cc2cccc(C#N)c2)cc1. The number of nitriles is 1. The van der Waals surface area contributed by atoms with Crippen LogP contribution in [0.4, 0.5) is 0 Å². The number of sulfone groups is 1. The van der Waals surface area contributed by atoms with E-state index in [2.05, 4.69) is 0 Å². The summed E-state index contributed by atoms with van der Waals surface area (Å²) < 4.78 is 35.0. The topological polar surface area (TPSA) is 75.0 Å². The van der Waals surface area contributed by atoms with E-state index in [4.69, 9.17) is 5.26 Å². The molecule has 0 saturated heterocycles. The molecule has 1 unspecified atom stereocenters. The molecule has 6 heteroatoms. The molecule has 0 heterocycles. The molecule has 0 aliphatic heterocycles. The van der Waals surface area contributed by atoms with E-state index in [0.717, 1.165) is 11.8 Å². The summed E-state index contributed by atoms with van der Waals surface area (Å²) in [5, 5.41) is 8.84. The highest BCUT2D eigenvalue weighted by Crippen LogP contribution is 2.16. The van der Waals surface area contributed by atoms with Crippen molar-refractivity contribution in [3.63, 3.8) is 0 Å². The van der Waals surface area contributed by atoms with Crippen molar-refractivity contribution in [2.24, 2.45) is 0 Å². The highest BCUT2D eigenvalue weighted by atomic mass is 32.2. The first-order chi connectivity index (χ1) is 9.90. The van der Waals surface area contributed by atoms with Crippen molar-refractivity contribution in [1.29, 1.82) is 5.26 Å². The molecule has 21 heavy (non-hydrogen) atoms. The summed E-state index contributed by atoms with van der Waals surface area (Å²) in [6.07, 6.45) is 1.13. The van der Waals surface area contributed by atoms with E-state index in [1.54, 1.807) is 30.3 Å². The van der Waals surface area contributed by atoms with Crippen LogP contribution in [0.3, 0.4) is 0 Å². The van der Waals surface area contributed by atoms with E-state index in [1.165, 1.54) is 12.1 Å². The van der Waals surface area contributed by atoms with Gasteiger partial charge < -0.3 is 0 Å². The minimum absolute atomic E-state index is 0.203. The lowest BCUT2D eigenvalue weighted by molar-refractivity contribution is 0.601. The maximum absolute atomic E-state index is 12.3. The molecule has 4 nitrogen and oxygen atoms in total. The molecule has 0 saturated carbocycles. The monoisotopic (exact) mass is 319 g/mol. The number of benzene rings is 2. The predicted octanol–water partition coefficient (Wildman–Crippen LogP) is 2.27. The van der Waals surface area contributed by atoms with Gasteiger partial charge in [0, 0.05) is 11.2 Å². The van der Waals surface area contributed by atoms with Gasteiger partial charge in [-0.3, -0.25) is 4.21 Å². The Morgan fingerprint density at radius 1 is 1.14 bits per heavy atom.